The van der Waals surface area contributed by atoms with Crippen molar-refractivity contribution in [2.45, 2.75) is 32.1 Å². The summed E-state index contributed by atoms with van der Waals surface area (Å²) in [7, 11) is -2.05. The number of benzene rings is 6. The molecule has 0 saturated heterocycles. The second kappa shape index (κ2) is 41.0. The Hall–Kier alpha value is -14.8. The molecule has 0 aliphatic rings. The molecule has 0 spiro atoms. The molecule has 0 bridgehead atoms. The number of nitrogen functional groups attached to an aromatic ring is 5. The van der Waals surface area contributed by atoms with E-state index in [1.807, 2.05) is 78.2 Å². The topological polar surface area (TPSA) is 596 Å². The Morgan fingerprint density at radius 1 is 0.444 bits per heavy atom. The van der Waals surface area contributed by atoms with Gasteiger partial charge in [0.2, 0.25) is 23.6 Å². The molecular formula is C76H63Cl2N25O15S6. The highest BCUT2D eigenvalue weighted by Crippen LogP contribution is 2.35. The van der Waals surface area contributed by atoms with E-state index in [0.717, 1.165) is 33.3 Å². The molecule has 15 N–H and O–H groups in total. The summed E-state index contributed by atoms with van der Waals surface area (Å²) in [4.78, 5) is 81.9. The van der Waals surface area contributed by atoms with Crippen molar-refractivity contribution in [1.29, 1.82) is 0 Å². The Morgan fingerprint density at radius 2 is 0.895 bits per heavy atom. The molecule has 0 fully saturated rings. The summed E-state index contributed by atoms with van der Waals surface area (Å²) in [6, 6.07) is 44.1. The molecule has 0 aliphatic carbocycles. The third-order valence-corrected chi connectivity index (χ3v) is 21.8. The highest BCUT2D eigenvalue weighted by molar-refractivity contribution is 7.86. The van der Waals surface area contributed by atoms with E-state index >= 15 is 0 Å². The molecule has 0 atom stereocenters. The highest BCUT2D eigenvalue weighted by atomic mass is 35.5. The average Bonchev–Trinajstić information content (AvgIpc) is 1.33. The van der Waals surface area contributed by atoms with E-state index < -0.39 is 10.1 Å². The molecular weight excluding hydrogens is 1770 g/mol. The number of aryl methyl sites for hydroxylation is 1. The van der Waals surface area contributed by atoms with E-state index in [9.17, 15) is 32.4 Å². The number of rotatable bonds is 25. The number of nitrogens with one attached hydrogen (secondary N) is 5. The van der Waals surface area contributed by atoms with Crippen LogP contribution in [0.1, 0.15) is 28.7 Å². The van der Waals surface area contributed by atoms with Crippen LogP contribution in [0.4, 0.5) is 54.6 Å². The lowest BCUT2D eigenvalue weighted by Gasteiger charge is -2.08. The summed E-state index contributed by atoms with van der Waals surface area (Å²) in [5.74, 6) is 1.09. The first-order valence-electron chi connectivity index (χ1n) is 35.7. The number of methoxy groups -OCH3 is 1. The van der Waals surface area contributed by atoms with Crippen molar-refractivity contribution in [3.05, 3.63) is 211 Å². The zero-order valence-corrected chi connectivity index (χ0v) is 70.4. The lowest BCUT2D eigenvalue weighted by atomic mass is 10.0. The fourth-order valence-electron chi connectivity index (χ4n) is 11.0. The van der Waals surface area contributed by atoms with Gasteiger partial charge in [-0.2, -0.15) is 8.42 Å². The van der Waals surface area contributed by atoms with Crippen molar-refractivity contribution in [3.8, 4) is 74.1 Å². The molecule has 124 heavy (non-hydrogen) atoms. The first kappa shape index (κ1) is 87.0. The number of carbonyl (C=O) groups excluding carboxylic acids is 5. The number of nitrogens with two attached hydrogens (primary N) is 5. The molecule has 0 unspecified atom stereocenters. The van der Waals surface area contributed by atoms with Crippen LogP contribution in [0.25, 0.3) is 78.5 Å². The lowest BCUT2D eigenvalue weighted by molar-refractivity contribution is -0.118. The van der Waals surface area contributed by atoms with Crippen LogP contribution in [-0.4, -0.2) is 134 Å². The van der Waals surface area contributed by atoms with Crippen LogP contribution >= 0.6 is 79.9 Å². The Kier molecular flexibility index (Phi) is 28.8. The Morgan fingerprint density at radius 3 is 1.41 bits per heavy atom. The van der Waals surface area contributed by atoms with Crippen molar-refractivity contribution in [1.82, 2.24) is 76.5 Å². The zero-order chi connectivity index (χ0) is 87.2. The van der Waals surface area contributed by atoms with Gasteiger partial charge in [-0.3, -0.25) is 34.3 Å². The summed E-state index contributed by atoms with van der Waals surface area (Å²) >= 11 is 18.3. The second-order valence-corrected chi connectivity index (χ2v) is 32.1. The summed E-state index contributed by atoms with van der Waals surface area (Å²) in [5, 5.41) is 64.5. The van der Waals surface area contributed by atoms with E-state index in [2.05, 4.69) is 150 Å². The smallest absolute Gasteiger partial charge is 0.306 e. The van der Waals surface area contributed by atoms with E-state index in [-0.39, 0.29) is 90.2 Å². The van der Waals surface area contributed by atoms with Gasteiger partial charge < -0.3 is 63.6 Å². The molecule has 11 heterocycles. The number of amides is 5. The largest absolute Gasteiger partial charge is 0.497 e. The van der Waals surface area contributed by atoms with Crippen molar-refractivity contribution in [2.24, 2.45) is 0 Å². The van der Waals surface area contributed by atoms with Crippen LogP contribution in [0, 0.1) is 0 Å². The molecule has 17 rings (SSSR count). The number of carbonyl (C=O) groups is 5. The molecule has 632 valence electrons. The fraction of sp³-hybridized carbons (Fsp3) is 0.105. The van der Waals surface area contributed by atoms with Gasteiger partial charge in [0.1, 0.15) is 40.0 Å². The number of anilines is 10. The summed E-state index contributed by atoms with van der Waals surface area (Å²) in [6.45, 7) is -0.156. The third-order valence-electron chi connectivity index (χ3n) is 16.5. The third kappa shape index (κ3) is 23.8. The number of aromatic nitrogens is 15. The van der Waals surface area contributed by atoms with Crippen LogP contribution in [0.5, 0.6) is 17.2 Å². The van der Waals surface area contributed by atoms with Crippen molar-refractivity contribution in [3.63, 3.8) is 0 Å². The molecule has 6 aromatic carbocycles. The fourth-order valence-corrected chi connectivity index (χ4v) is 15.5. The van der Waals surface area contributed by atoms with Gasteiger partial charge in [-0.25, -0.2) is 43.1 Å². The van der Waals surface area contributed by atoms with Crippen LogP contribution in [0.15, 0.2) is 202 Å². The number of thiazole rings is 4. The van der Waals surface area contributed by atoms with Crippen molar-refractivity contribution < 1.29 is 69.2 Å². The van der Waals surface area contributed by atoms with E-state index in [1.54, 1.807) is 71.2 Å². The summed E-state index contributed by atoms with van der Waals surface area (Å²) in [5.41, 5.74) is 36.7. The summed E-state index contributed by atoms with van der Waals surface area (Å²) < 4.78 is 60.6. The van der Waals surface area contributed by atoms with Gasteiger partial charge in [-0.05, 0) is 152 Å². The highest BCUT2D eigenvalue weighted by Gasteiger charge is 2.22. The molecule has 17 aromatic rings. The molecule has 5 amide bonds. The molecule has 0 saturated carbocycles. The average molecular weight is 1830 g/mol. The normalized spacial score (nSPS) is 10.8. The quantitative estimate of drug-likeness (QED) is 0.0238. The predicted octanol–water partition coefficient (Wildman–Crippen LogP) is 13.0. The minimum absolute atomic E-state index is 0.0174. The Balaban J connectivity index is 0.000000133. The summed E-state index contributed by atoms with van der Waals surface area (Å²) in [6.07, 6.45) is 4.07. The molecule has 40 nitrogen and oxygen atoms in total. The maximum Gasteiger partial charge on any atom is 0.306 e. The molecule has 48 heteroatoms. The van der Waals surface area contributed by atoms with Gasteiger partial charge in [0.15, 0.2) is 84.7 Å². The standard InChI is InChI=1S/C19H16N4O2S.C16H12N6O3S.C14H13N5O5S2.C14H13N5O3S.C13H9Cl2N5O2S/c20-19-18(22-25-23-19)14-10-17(26-11-14)21-16(24)9-8-13-6-3-5-12-4-1-2-7-15(12)13;17-15-14(21-25-22-15)11-8-26-16(19-11)20-13(23)7-24-12-5-1-4-10-9(12)3-2-6-18-10;1-26(21,22)23-9-4-2-3-8(5-9)6-11(20)17-14-16-10(7-25-14)12-13(15)19-24-18-12;1-21-9-4-2-3-8(5-9)6-11(20)17-14-16-10(7-23-14)12-13(15)19-22-18-12;14-7-3-1-2-6(10(7)15)4-9(21)18-13-17-8(5-23-13)11-12(16)20-22-19-11/h1-7,10-11H,8-9H2,(H2,20,23)(H,21,24);1-6,8H,7H2,(H2,17,22)(H,19,20,23);2-5,7H,6H2,1H3,(H2,15,19)(H,16,17,20);2-5,7H,6H2,1H3,(H2,15,19)(H,16,17,20);1-3,5H,4H2,(H2,16,20)(H,17,18,21). The maximum atomic E-state index is 12.3. The molecule has 0 aliphatic heterocycles. The van der Waals surface area contributed by atoms with Crippen LogP contribution in [0.2, 0.25) is 10.0 Å². The first-order chi connectivity index (χ1) is 59.9. The monoisotopic (exact) mass is 1830 g/mol. The number of ether oxygens (including phenoxy) is 2. The number of halogens is 2. The van der Waals surface area contributed by atoms with Gasteiger partial charge in [0.25, 0.3) is 5.91 Å². The minimum atomic E-state index is -3.63. The Labute approximate surface area is 728 Å². The number of hydrogen-bond donors (Lipinski definition) is 10. The molecule has 0 radical (unpaired) electrons. The number of thiophene rings is 1. The SMILES string of the molecule is COc1cccc(CC(=O)Nc2nc(-c3nonc3N)cs2)c1.CS(=O)(=O)Oc1cccc(CC(=O)Nc2nc(-c3nonc3N)cs2)c1.Nc1nonc1-c1csc(NC(=O)CCc2cccc3ccccc23)c1.Nc1nonc1-c1csc(NC(=O)COc2cccc3ncccc23)n1.Nc1nonc1-c1csc(NC(=O)Cc2cccc(Cl)c2Cl)n1. The minimum Gasteiger partial charge on any atom is -0.497 e. The van der Waals surface area contributed by atoms with Gasteiger partial charge >= 0.3 is 10.1 Å². The lowest BCUT2D eigenvalue weighted by Crippen LogP contribution is -2.20. The zero-order valence-electron chi connectivity index (χ0n) is 64.0. The second-order valence-electron chi connectivity index (χ2n) is 25.4. The van der Waals surface area contributed by atoms with Crippen molar-refractivity contribution >= 4 is 196 Å². The number of hydrogen-bond acceptors (Lipinski definition) is 40. The predicted molar refractivity (Wildman–Crippen MR) is 466 cm³/mol. The van der Waals surface area contributed by atoms with Crippen molar-refractivity contribution in [2.75, 3.05) is 75.2 Å². The first-order valence-corrected chi connectivity index (χ1v) is 42.7. The van der Waals surface area contributed by atoms with Gasteiger partial charge in [0.05, 0.1) is 53.2 Å². The number of fused-ring (bicyclic) bond motifs is 2. The van der Waals surface area contributed by atoms with Crippen LogP contribution in [0.3, 0.4) is 0 Å². The van der Waals surface area contributed by atoms with E-state index in [4.69, 9.17) is 65.5 Å². The number of nitrogens with zero attached hydrogens (tertiary/aromatic N) is 15. The molecule has 11 aromatic heterocycles. The number of pyridine rings is 1. The van der Waals surface area contributed by atoms with E-state index in [1.165, 1.54) is 85.2 Å². The van der Waals surface area contributed by atoms with Gasteiger partial charge in [-0.1, -0.05) is 108 Å². The van der Waals surface area contributed by atoms with E-state index in [0.29, 0.717) is 117 Å². The Bertz CT molecular complexity index is 6540. The van der Waals surface area contributed by atoms with Gasteiger partial charge in [0, 0.05) is 50.5 Å². The van der Waals surface area contributed by atoms with Crippen LogP contribution in [-0.2, 0) is 59.8 Å². The van der Waals surface area contributed by atoms with Crippen LogP contribution < -0.4 is 68.9 Å². The van der Waals surface area contributed by atoms with Gasteiger partial charge in [-0.15, -0.1) is 56.7 Å². The maximum absolute atomic E-state index is 12.3.